The molecule has 116 valence electrons. The molecule has 2 atom stereocenters. The summed E-state index contributed by atoms with van der Waals surface area (Å²) in [5.41, 5.74) is 1.30. The summed E-state index contributed by atoms with van der Waals surface area (Å²) in [6.45, 7) is 11.5. The Balaban J connectivity index is 3.05. The molecular weight excluding hydrogens is 277 g/mol. The number of rotatable bonds is 9. The molecule has 0 aromatic rings. The first kappa shape index (κ1) is 17.9. The molecule has 0 aliphatic carbocycles. The lowest BCUT2D eigenvalue weighted by atomic mass is 9.74. The van der Waals surface area contributed by atoms with Crippen molar-refractivity contribution in [2.75, 3.05) is 13.2 Å². The predicted molar refractivity (Wildman–Crippen MR) is 95.9 cm³/mol. The van der Waals surface area contributed by atoms with Crippen molar-refractivity contribution in [1.82, 2.24) is 5.09 Å². The second kappa shape index (κ2) is 9.76. The topological polar surface area (TPSA) is 21.3 Å². The third kappa shape index (κ3) is 4.98. The van der Waals surface area contributed by atoms with Gasteiger partial charge in [0.25, 0.3) is 0 Å². The fourth-order valence-electron chi connectivity index (χ4n) is 2.74. The number of hydrogen-bond donors (Lipinski definition) is 1. The van der Waals surface area contributed by atoms with Crippen LogP contribution in [0.5, 0.6) is 0 Å². The second-order valence-corrected chi connectivity index (χ2v) is 5.70. The van der Waals surface area contributed by atoms with Gasteiger partial charge in [0, 0.05) is 11.0 Å². The van der Waals surface area contributed by atoms with Gasteiger partial charge in [0.15, 0.2) is 0 Å². The third-order valence-corrected chi connectivity index (χ3v) is 4.07. The Bertz CT molecular complexity index is 436. The number of ether oxygens (including phenoxy) is 1. The quantitative estimate of drug-likeness (QED) is 0.379. The maximum absolute atomic E-state index is 5.95. The van der Waals surface area contributed by atoms with Crippen LogP contribution >= 0.6 is 9.39 Å². The van der Waals surface area contributed by atoms with E-state index >= 15 is 0 Å². The van der Waals surface area contributed by atoms with Crippen molar-refractivity contribution >= 4 is 9.39 Å². The van der Waals surface area contributed by atoms with E-state index in [1.54, 1.807) is 6.08 Å². The molecule has 0 bridgehead atoms. The molecule has 1 heterocycles. The van der Waals surface area contributed by atoms with Crippen LogP contribution in [0.25, 0.3) is 0 Å². The molecule has 1 aliphatic heterocycles. The lowest BCUT2D eigenvalue weighted by Gasteiger charge is -2.27. The monoisotopic (exact) mass is 305 g/mol. The Hall–Kier alpha value is -1.11. The van der Waals surface area contributed by atoms with Gasteiger partial charge in [0.1, 0.15) is 5.76 Å². The molecule has 2 unspecified atom stereocenters. The van der Waals surface area contributed by atoms with Crippen LogP contribution in [0.15, 0.2) is 60.9 Å². The summed E-state index contributed by atoms with van der Waals surface area (Å²) in [4.78, 5) is 0. The highest BCUT2D eigenvalue weighted by Gasteiger charge is 2.41. The van der Waals surface area contributed by atoms with Crippen LogP contribution in [0.1, 0.15) is 32.6 Å². The van der Waals surface area contributed by atoms with Crippen LogP contribution in [-0.4, -0.2) is 13.2 Å². The van der Waals surface area contributed by atoms with Gasteiger partial charge in [-0.15, -0.1) is 0 Å². The minimum Gasteiger partial charge on any atom is -0.492 e. The molecule has 0 radical (unpaired) electrons. The fraction of sp³-hybridized carbons (Fsp3) is 0.444. The third-order valence-electron chi connectivity index (χ3n) is 3.78. The molecule has 0 aromatic heterocycles. The minimum absolute atomic E-state index is 0.0518. The Kier molecular flexibility index (Phi) is 8.34. The van der Waals surface area contributed by atoms with Gasteiger partial charge in [-0.1, -0.05) is 59.9 Å². The van der Waals surface area contributed by atoms with Crippen molar-refractivity contribution in [3.05, 3.63) is 60.9 Å². The van der Waals surface area contributed by atoms with Crippen LogP contribution in [0.2, 0.25) is 0 Å². The highest BCUT2D eigenvalue weighted by Crippen LogP contribution is 2.47. The van der Waals surface area contributed by atoms with Gasteiger partial charge < -0.3 is 9.82 Å². The standard InChI is InChI=1S/C18H28NOP/c1-4-7-8-12-18(13-9-14-19-21)15-20-17(11-6-3)16(18)10-5-2/h5-8,10-11,19H,2-4,9,12-15,21H2,1H3/b8-7-,16-10+,17-11+. The molecular formula is C18H28NOP. The molecule has 1 rings (SSSR count). The van der Waals surface area contributed by atoms with Gasteiger partial charge in [0.05, 0.1) is 6.61 Å². The van der Waals surface area contributed by atoms with E-state index in [2.05, 4.69) is 52.8 Å². The van der Waals surface area contributed by atoms with Crippen molar-refractivity contribution in [2.24, 2.45) is 5.41 Å². The van der Waals surface area contributed by atoms with E-state index in [0.29, 0.717) is 0 Å². The molecule has 21 heavy (non-hydrogen) atoms. The van der Waals surface area contributed by atoms with Crippen LogP contribution in [0.3, 0.4) is 0 Å². The molecule has 1 fully saturated rings. The Morgan fingerprint density at radius 1 is 1.29 bits per heavy atom. The molecule has 1 aliphatic rings. The van der Waals surface area contributed by atoms with E-state index in [-0.39, 0.29) is 5.41 Å². The molecule has 1 N–H and O–H groups in total. The molecule has 0 aromatic carbocycles. The van der Waals surface area contributed by atoms with E-state index in [1.165, 1.54) is 5.57 Å². The first-order chi connectivity index (χ1) is 10.2. The average Bonchev–Trinajstić information content (AvgIpc) is 2.80. The maximum Gasteiger partial charge on any atom is 0.123 e. The summed E-state index contributed by atoms with van der Waals surface area (Å²) in [6, 6.07) is 0. The van der Waals surface area contributed by atoms with Gasteiger partial charge in [0.2, 0.25) is 0 Å². The Morgan fingerprint density at radius 3 is 2.67 bits per heavy atom. The molecule has 3 heteroatoms. The van der Waals surface area contributed by atoms with Gasteiger partial charge in [-0.2, -0.15) is 0 Å². The van der Waals surface area contributed by atoms with E-state index in [4.69, 9.17) is 4.74 Å². The average molecular weight is 305 g/mol. The molecule has 0 amide bonds. The largest absolute Gasteiger partial charge is 0.492 e. The summed E-state index contributed by atoms with van der Waals surface area (Å²) in [6.07, 6.45) is 16.5. The van der Waals surface area contributed by atoms with E-state index in [9.17, 15) is 0 Å². The minimum atomic E-state index is 0.0518. The summed E-state index contributed by atoms with van der Waals surface area (Å²) in [5.74, 6) is 0.939. The van der Waals surface area contributed by atoms with Crippen molar-refractivity contribution in [3.63, 3.8) is 0 Å². The van der Waals surface area contributed by atoms with E-state index in [1.807, 2.05) is 12.2 Å². The number of hydrogen-bond acceptors (Lipinski definition) is 2. The lowest BCUT2D eigenvalue weighted by Crippen LogP contribution is -2.23. The van der Waals surface area contributed by atoms with Gasteiger partial charge in [-0.3, -0.25) is 0 Å². The summed E-state index contributed by atoms with van der Waals surface area (Å²) >= 11 is 0. The van der Waals surface area contributed by atoms with Crippen LogP contribution in [0.4, 0.5) is 0 Å². The fourth-order valence-corrected chi connectivity index (χ4v) is 2.94. The van der Waals surface area contributed by atoms with Crippen molar-refractivity contribution in [1.29, 1.82) is 0 Å². The first-order valence-electron chi connectivity index (χ1n) is 7.61. The highest BCUT2D eigenvalue weighted by molar-refractivity contribution is 7.13. The molecule has 1 saturated heterocycles. The normalized spacial score (nSPS) is 25.6. The van der Waals surface area contributed by atoms with Crippen molar-refractivity contribution in [3.8, 4) is 0 Å². The number of allylic oxidation sites excluding steroid dienone is 7. The maximum atomic E-state index is 5.95. The lowest BCUT2D eigenvalue weighted by molar-refractivity contribution is 0.178. The zero-order valence-electron chi connectivity index (χ0n) is 13.1. The van der Waals surface area contributed by atoms with Crippen molar-refractivity contribution < 1.29 is 4.74 Å². The predicted octanol–water partition coefficient (Wildman–Crippen LogP) is 4.70. The van der Waals surface area contributed by atoms with Gasteiger partial charge >= 0.3 is 0 Å². The van der Waals surface area contributed by atoms with Crippen molar-refractivity contribution in [2.45, 2.75) is 32.6 Å². The van der Waals surface area contributed by atoms with E-state index in [0.717, 1.165) is 44.6 Å². The smallest absolute Gasteiger partial charge is 0.123 e. The Labute approximate surface area is 132 Å². The van der Waals surface area contributed by atoms with E-state index < -0.39 is 0 Å². The number of nitrogens with one attached hydrogen (secondary N) is 1. The second-order valence-electron chi connectivity index (χ2n) is 5.29. The van der Waals surface area contributed by atoms with Gasteiger partial charge in [-0.05, 0) is 38.3 Å². The first-order valence-corrected chi connectivity index (χ1v) is 8.19. The highest BCUT2D eigenvalue weighted by atomic mass is 31.0. The van der Waals surface area contributed by atoms with Crippen LogP contribution in [-0.2, 0) is 4.74 Å². The zero-order valence-corrected chi connectivity index (χ0v) is 14.3. The zero-order chi connectivity index (χ0) is 15.6. The van der Waals surface area contributed by atoms with Crippen LogP contribution in [0, 0.1) is 5.41 Å². The van der Waals surface area contributed by atoms with Crippen LogP contribution < -0.4 is 5.09 Å². The molecule has 0 saturated carbocycles. The molecule has 0 spiro atoms. The summed E-state index contributed by atoms with van der Waals surface area (Å²) in [7, 11) is 2.56. The van der Waals surface area contributed by atoms with Gasteiger partial charge in [-0.25, -0.2) is 0 Å². The summed E-state index contributed by atoms with van der Waals surface area (Å²) < 4.78 is 5.95. The summed E-state index contributed by atoms with van der Waals surface area (Å²) in [5, 5.41) is 3.15. The molecule has 2 nitrogen and oxygen atoms in total. The Morgan fingerprint density at radius 2 is 2.05 bits per heavy atom. The SMILES string of the molecule is C=C/C=C1\C(=C/C=C)OCC1(C/C=C\CC)CCCNP.